The van der Waals surface area contributed by atoms with Gasteiger partial charge in [0.2, 0.25) is 0 Å². The second kappa shape index (κ2) is 12.5. The number of phenolic OH excluding ortho intramolecular Hbond substituents is 2. The summed E-state index contributed by atoms with van der Waals surface area (Å²) in [6.45, 7) is 4.07. The molecule has 0 unspecified atom stereocenters. The van der Waals surface area contributed by atoms with Crippen LogP contribution in [0.15, 0.2) is 60.7 Å². The molecule has 2 rings (SSSR count). The number of para-hydroxylation sites is 2. The number of hydrogen-bond donors (Lipinski definition) is 2. The summed E-state index contributed by atoms with van der Waals surface area (Å²) in [7, 11) is 0. The fourth-order valence-electron chi connectivity index (χ4n) is 1.12. The summed E-state index contributed by atoms with van der Waals surface area (Å²) >= 11 is 0. The number of benzene rings is 2. The number of rotatable bonds is 2. The molecular weight excluding hydrogens is 268 g/mol. The molecule has 114 valence electrons. The third-order valence-electron chi connectivity index (χ3n) is 2.11. The van der Waals surface area contributed by atoms with E-state index in [1.165, 1.54) is 0 Å². The van der Waals surface area contributed by atoms with Gasteiger partial charge in [-0.25, -0.2) is 0 Å². The van der Waals surface area contributed by atoms with Crippen LogP contribution in [0.3, 0.4) is 0 Å². The predicted molar refractivity (Wildman–Crippen MR) is 83.1 cm³/mol. The first-order chi connectivity index (χ1) is 10.1. The molecule has 0 aromatic heterocycles. The number of ether oxygens (including phenoxy) is 1. The van der Waals surface area contributed by atoms with E-state index in [0.29, 0.717) is 24.5 Å². The Morgan fingerprint density at radius 3 is 1.38 bits per heavy atom. The van der Waals surface area contributed by atoms with Gasteiger partial charge >= 0.3 is 5.97 Å². The summed E-state index contributed by atoms with van der Waals surface area (Å²) in [6, 6.07) is 17.4. The Bertz CT molecular complexity index is 431. The van der Waals surface area contributed by atoms with E-state index in [1.54, 1.807) is 62.4 Å². The van der Waals surface area contributed by atoms with Gasteiger partial charge in [0.25, 0.3) is 0 Å². The molecule has 0 bridgehead atoms. The molecule has 2 N–H and O–H groups in total. The van der Waals surface area contributed by atoms with Gasteiger partial charge in [-0.3, -0.25) is 4.79 Å². The largest absolute Gasteiger partial charge is 0.508 e. The Morgan fingerprint density at radius 2 is 1.24 bits per heavy atom. The molecule has 0 atom stereocenters. The summed E-state index contributed by atoms with van der Waals surface area (Å²) in [6.07, 6.45) is 0.480. The lowest BCUT2D eigenvalue weighted by atomic mass is 10.3. The third kappa shape index (κ3) is 12.3. The maximum absolute atomic E-state index is 10.2. The summed E-state index contributed by atoms with van der Waals surface area (Å²) in [5.74, 6) is 0.521. The zero-order valence-corrected chi connectivity index (χ0v) is 12.4. The van der Waals surface area contributed by atoms with Gasteiger partial charge in [0, 0.05) is 6.42 Å². The van der Waals surface area contributed by atoms with E-state index >= 15 is 0 Å². The molecule has 0 spiro atoms. The van der Waals surface area contributed by atoms with Crippen molar-refractivity contribution in [1.29, 1.82) is 0 Å². The van der Waals surface area contributed by atoms with Crippen LogP contribution < -0.4 is 0 Å². The molecule has 0 aliphatic rings. The van der Waals surface area contributed by atoms with Crippen molar-refractivity contribution in [2.45, 2.75) is 20.3 Å². The van der Waals surface area contributed by atoms with Crippen molar-refractivity contribution in [3.63, 3.8) is 0 Å². The van der Waals surface area contributed by atoms with Crippen LogP contribution >= 0.6 is 0 Å². The van der Waals surface area contributed by atoms with E-state index in [0.717, 1.165) is 0 Å². The lowest BCUT2D eigenvalue weighted by molar-refractivity contribution is -0.142. The zero-order valence-electron chi connectivity index (χ0n) is 12.4. The average molecular weight is 290 g/mol. The Hall–Kier alpha value is -2.49. The Balaban J connectivity index is 0.000000286. The summed E-state index contributed by atoms with van der Waals surface area (Å²) < 4.78 is 4.55. The maximum Gasteiger partial charge on any atom is 0.305 e. The minimum Gasteiger partial charge on any atom is -0.508 e. The minimum absolute atomic E-state index is 0.123. The lowest BCUT2D eigenvalue weighted by Gasteiger charge is -1.93. The Kier molecular flexibility index (Phi) is 11.1. The molecule has 4 heteroatoms. The van der Waals surface area contributed by atoms with Crippen LogP contribution in [0.2, 0.25) is 0 Å². The molecule has 0 amide bonds. The van der Waals surface area contributed by atoms with Crippen LogP contribution in [0.5, 0.6) is 11.5 Å². The topological polar surface area (TPSA) is 66.8 Å². The van der Waals surface area contributed by atoms with Crippen molar-refractivity contribution in [2.75, 3.05) is 6.61 Å². The molecule has 4 nitrogen and oxygen atoms in total. The van der Waals surface area contributed by atoms with Gasteiger partial charge in [-0.15, -0.1) is 0 Å². The highest BCUT2D eigenvalue weighted by Gasteiger charge is 1.91. The fourth-order valence-corrected chi connectivity index (χ4v) is 1.12. The molecule has 2 aromatic carbocycles. The quantitative estimate of drug-likeness (QED) is 0.827. The molecule has 0 radical (unpaired) electrons. The van der Waals surface area contributed by atoms with E-state index in [-0.39, 0.29) is 5.97 Å². The van der Waals surface area contributed by atoms with Crippen molar-refractivity contribution >= 4 is 5.97 Å². The second-order valence-electron chi connectivity index (χ2n) is 3.83. The van der Waals surface area contributed by atoms with Gasteiger partial charge in [0.05, 0.1) is 6.61 Å². The molecular formula is C17H22O4. The SMILES string of the molecule is CCOC(=O)CC.Oc1ccccc1.Oc1ccccc1. The molecule has 2 aromatic rings. The van der Waals surface area contributed by atoms with Crippen molar-refractivity contribution < 1.29 is 19.7 Å². The number of carbonyl (C=O) groups excluding carboxylic acids is 1. The molecule has 0 saturated heterocycles. The van der Waals surface area contributed by atoms with E-state index in [2.05, 4.69) is 4.74 Å². The first-order valence-corrected chi connectivity index (χ1v) is 6.73. The number of hydrogen-bond acceptors (Lipinski definition) is 4. The van der Waals surface area contributed by atoms with Gasteiger partial charge in [0.1, 0.15) is 11.5 Å². The van der Waals surface area contributed by atoms with Crippen molar-refractivity contribution in [1.82, 2.24) is 0 Å². The van der Waals surface area contributed by atoms with Crippen LogP contribution in [-0.4, -0.2) is 22.8 Å². The van der Waals surface area contributed by atoms with Crippen LogP contribution in [0.1, 0.15) is 20.3 Å². The van der Waals surface area contributed by atoms with Gasteiger partial charge in [-0.05, 0) is 31.2 Å². The number of esters is 1. The Morgan fingerprint density at radius 1 is 0.857 bits per heavy atom. The van der Waals surface area contributed by atoms with Crippen molar-refractivity contribution in [3.05, 3.63) is 60.7 Å². The fraction of sp³-hybridized carbons (Fsp3) is 0.235. The number of aromatic hydroxyl groups is 2. The molecule has 21 heavy (non-hydrogen) atoms. The molecule has 0 fully saturated rings. The van der Waals surface area contributed by atoms with E-state index in [9.17, 15) is 4.79 Å². The zero-order chi connectivity index (χ0) is 15.9. The summed E-state index contributed by atoms with van der Waals surface area (Å²) in [5, 5.41) is 17.3. The van der Waals surface area contributed by atoms with Gasteiger partial charge in [0.15, 0.2) is 0 Å². The van der Waals surface area contributed by atoms with Crippen LogP contribution in [-0.2, 0) is 9.53 Å². The smallest absolute Gasteiger partial charge is 0.305 e. The molecule has 0 saturated carbocycles. The normalized spacial score (nSPS) is 8.48. The van der Waals surface area contributed by atoms with Crippen LogP contribution in [0.25, 0.3) is 0 Å². The number of carbonyl (C=O) groups is 1. The highest BCUT2D eigenvalue weighted by molar-refractivity contribution is 5.68. The summed E-state index contributed by atoms with van der Waals surface area (Å²) in [4.78, 5) is 10.2. The first-order valence-electron chi connectivity index (χ1n) is 6.73. The van der Waals surface area contributed by atoms with Gasteiger partial charge in [-0.2, -0.15) is 0 Å². The van der Waals surface area contributed by atoms with E-state index < -0.39 is 0 Å². The minimum atomic E-state index is -0.123. The second-order valence-corrected chi connectivity index (χ2v) is 3.83. The number of phenols is 2. The monoisotopic (exact) mass is 290 g/mol. The average Bonchev–Trinajstić information content (AvgIpc) is 2.50. The van der Waals surface area contributed by atoms with Gasteiger partial charge in [-0.1, -0.05) is 43.3 Å². The Labute approximate surface area is 125 Å². The van der Waals surface area contributed by atoms with Crippen LogP contribution in [0.4, 0.5) is 0 Å². The van der Waals surface area contributed by atoms with E-state index in [1.807, 2.05) is 12.1 Å². The molecule has 0 heterocycles. The van der Waals surface area contributed by atoms with Gasteiger partial charge < -0.3 is 14.9 Å². The third-order valence-corrected chi connectivity index (χ3v) is 2.11. The molecule has 0 aliphatic heterocycles. The predicted octanol–water partition coefficient (Wildman–Crippen LogP) is 3.74. The van der Waals surface area contributed by atoms with Crippen molar-refractivity contribution in [3.8, 4) is 11.5 Å². The summed E-state index contributed by atoms with van der Waals surface area (Å²) in [5.41, 5.74) is 0. The maximum atomic E-state index is 10.2. The highest BCUT2D eigenvalue weighted by Crippen LogP contribution is 2.03. The highest BCUT2D eigenvalue weighted by atomic mass is 16.5. The molecule has 0 aliphatic carbocycles. The standard InChI is InChI=1S/2C6H6O.C5H10O2/c2*7-6-4-2-1-3-5-6;1-3-5(6)7-4-2/h2*1-5,7H;3-4H2,1-2H3. The van der Waals surface area contributed by atoms with Crippen molar-refractivity contribution in [2.24, 2.45) is 0 Å². The van der Waals surface area contributed by atoms with E-state index in [4.69, 9.17) is 10.2 Å². The first kappa shape index (κ1) is 18.5. The van der Waals surface area contributed by atoms with Crippen LogP contribution in [0, 0.1) is 0 Å². The lowest BCUT2D eigenvalue weighted by Crippen LogP contribution is -2.00.